The molecule has 5 heteroatoms. The molecule has 0 saturated heterocycles. The van der Waals surface area contributed by atoms with Gasteiger partial charge in [-0.3, -0.25) is 14.8 Å². The first-order valence-corrected chi connectivity index (χ1v) is 10.6. The maximum absolute atomic E-state index is 12.6. The zero-order chi connectivity index (χ0) is 21.5. The third-order valence-corrected chi connectivity index (χ3v) is 6.07. The van der Waals surface area contributed by atoms with Crippen molar-refractivity contribution in [3.8, 4) is 22.5 Å². The molecular weight excluding hydrogens is 396 g/mol. The summed E-state index contributed by atoms with van der Waals surface area (Å²) < 4.78 is 0. The Kier molecular flexibility index (Phi) is 4.32. The van der Waals surface area contributed by atoms with Gasteiger partial charge in [0.2, 0.25) is 0 Å². The number of para-hydroxylation sites is 1. The van der Waals surface area contributed by atoms with E-state index < -0.39 is 0 Å². The summed E-state index contributed by atoms with van der Waals surface area (Å²) in [5.41, 5.74) is 7.50. The van der Waals surface area contributed by atoms with Crippen molar-refractivity contribution in [1.82, 2.24) is 20.3 Å². The number of pyridine rings is 2. The summed E-state index contributed by atoms with van der Waals surface area (Å²) >= 11 is 0. The maximum Gasteiger partial charge on any atom is 0.253 e. The zero-order valence-electron chi connectivity index (χ0n) is 17.2. The number of carbonyl (C=O) groups is 1. The largest absolute Gasteiger partial charge is 0.357 e. The van der Waals surface area contributed by atoms with E-state index in [0.717, 1.165) is 39.1 Å². The van der Waals surface area contributed by atoms with E-state index in [1.807, 2.05) is 60.8 Å². The van der Waals surface area contributed by atoms with Crippen molar-refractivity contribution in [2.75, 3.05) is 6.54 Å². The smallest absolute Gasteiger partial charge is 0.253 e. The number of nitrogens with one attached hydrogen (secondary N) is 2. The second-order valence-corrected chi connectivity index (χ2v) is 8.03. The van der Waals surface area contributed by atoms with Crippen LogP contribution in [-0.2, 0) is 0 Å². The van der Waals surface area contributed by atoms with Crippen LogP contribution in [0, 0.1) is 0 Å². The van der Waals surface area contributed by atoms with Crippen molar-refractivity contribution in [3.63, 3.8) is 0 Å². The van der Waals surface area contributed by atoms with Gasteiger partial charge >= 0.3 is 0 Å². The van der Waals surface area contributed by atoms with Crippen molar-refractivity contribution >= 4 is 16.8 Å². The Hall–Kier alpha value is -4.25. The van der Waals surface area contributed by atoms with E-state index in [1.54, 1.807) is 6.20 Å². The Balaban J connectivity index is 1.41. The van der Waals surface area contributed by atoms with Gasteiger partial charge < -0.3 is 10.3 Å². The first-order valence-electron chi connectivity index (χ1n) is 10.6. The van der Waals surface area contributed by atoms with Crippen molar-refractivity contribution in [2.24, 2.45) is 0 Å². The molecular formula is C27H20N4O. The van der Waals surface area contributed by atoms with Crippen LogP contribution < -0.4 is 5.32 Å². The Bertz CT molecular complexity index is 1460. The number of benzene rings is 2. The summed E-state index contributed by atoms with van der Waals surface area (Å²) in [4.78, 5) is 25.2. The molecule has 2 aromatic carbocycles. The lowest BCUT2D eigenvalue weighted by atomic mass is 9.90. The minimum Gasteiger partial charge on any atom is -0.357 e. The van der Waals surface area contributed by atoms with Gasteiger partial charge in [-0.05, 0) is 35.9 Å². The number of rotatable bonds is 3. The third-order valence-electron chi connectivity index (χ3n) is 6.07. The van der Waals surface area contributed by atoms with E-state index in [1.165, 1.54) is 5.56 Å². The number of fused-ring (bicyclic) bond motifs is 2. The van der Waals surface area contributed by atoms with Gasteiger partial charge in [0.15, 0.2) is 0 Å². The first-order chi connectivity index (χ1) is 15.8. The summed E-state index contributed by atoms with van der Waals surface area (Å²) in [6.45, 7) is 0.583. The van der Waals surface area contributed by atoms with E-state index >= 15 is 0 Å². The van der Waals surface area contributed by atoms with E-state index in [9.17, 15) is 4.79 Å². The van der Waals surface area contributed by atoms with Gasteiger partial charge in [0.1, 0.15) is 0 Å². The molecule has 1 aliphatic rings. The molecule has 5 nitrogen and oxygen atoms in total. The van der Waals surface area contributed by atoms with Gasteiger partial charge in [-0.2, -0.15) is 0 Å². The highest BCUT2D eigenvalue weighted by Gasteiger charge is 2.29. The second kappa shape index (κ2) is 7.46. The Morgan fingerprint density at radius 1 is 0.844 bits per heavy atom. The highest BCUT2D eigenvalue weighted by Crippen LogP contribution is 2.34. The van der Waals surface area contributed by atoms with Crippen LogP contribution >= 0.6 is 0 Å². The number of nitrogens with zero attached hydrogens (tertiary/aromatic N) is 2. The first kappa shape index (κ1) is 18.5. The van der Waals surface area contributed by atoms with Crippen LogP contribution in [0.15, 0.2) is 91.3 Å². The number of aromatic amines is 1. The summed E-state index contributed by atoms with van der Waals surface area (Å²) in [6.07, 6.45) is 3.65. The highest BCUT2D eigenvalue weighted by molar-refractivity contribution is 5.98. The molecule has 1 atom stereocenters. The molecule has 6 rings (SSSR count). The number of hydrogen-bond acceptors (Lipinski definition) is 3. The van der Waals surface area contributed by atoms with Crippen LogP contribution in [0.25, 0.3) is 33.4 Å². The maximum atomic E-state index is 12.6. The Morgan fingerprint density at radius 3 is 2.59 bits per heavy atom. The van der Waals surface area contributed by atoms with E-state index in [4.69, 9.17) is 0 Å². The van der Waals surface area contributed by atoms with Gasteiger partial charge in [0.05, 0.1) is 16.8 Å². The molecule has 0 radical (unpaired) electrons. The molecule has 154 valence electrons. The monoisotopic (exact) mass is 416 g/mol. The fourth-order valence-electron chi connectivity index (χ4n) is 4.42. The minimum absolute atomic E-state index is 0.0392. The van der Waals surface area contributed by atoms with Crippen LogP contribution in [-0.4, -0.2) is 27.4 Å². The Morgan fingerprint density at radius 2 is 1.69 bits per heavy atom. The SMILES string of the molecule is O=C1NCC(c2ccccc2)c2[nH]c(-c3ccnc(-c4cnc5ccccc5c4)c3)cc21. The molecule has 1 amide bonds. The molecule has 32 heavy (non-hydrogen) atoms. The molecule has 1 aliphatic heterocycles. The van der Waals surface area contributed by atoms with Gasteiger partial charge in [0.25, 0.3) is 5.91 Å². The van der Waals surface area contributed by atoms with Gasteiger partial charge in [-0.15, -0.1) is 0 Å². The summed E-state index contributed by atoms with van der Waals surface area (Å²) in [6, 6.07) is 26.4. The number of aromatic nitrogens is 3. The van der Waals surface area contributed by atoms with E-state index in [2.05, 4.69) is 44.5 Å². The molecule has 0 fully saturated rings. The summed E-state index contributed by atoms with van der Waals surface area (Å²) in [7, 11) is 0. The average Bonchev–Trinajstić information content (AvgIpc) is 3.31. The number of hydrogen-bond donors (Lipinski definition) is 2. The number of amides is 1. The van der Waals surface area contributed by atoms with E-state index in [-0.39, 0.29) is 11.8 Å². The second-order valence-electron chi connectivity index (χ2n) is 8.03. The fraction of sp³-hybridized carbons (Fsp3) is 0.0741. The van der Waals surface area contributed by atoms with Crippen molar-refractivity contribution in [1.29, 1.82) is 0 Å². The Labute approximate surface area is 185 Å². The van der Waals surface area contributed by atoms with Gasteiger partial charge in [-0.1, -0.05) is 48.5 Å². The van der Waals surface area contributed by atoms with Crippen LogP contribution in [0.1, 0.15) is 27.5 Å². The minimum atomic E-state index is -0.0392. The van der Waals surface area contributed by atoms with Crippen molar-refractivity contribution in [3.05, 3.63) is 108 Å². The molecule has 1 unspecified atom stereocenters. The summed E-state index contributed by atoms with van der Waals surface area (Å²) in [5, 5.41) is 4.10. The predicted molar refractivity (Wildman–Crippen MR) is 125 cm³/mol. The van der Waals surface area contributed by atoms with Crippen molar-refractivity contribution in [2.45, 2.75) is 5.92 Å². The lowest BCUT2D eigenvalue weighted by molar-refractivity contribution is 0.0942. The number of carbonyl (C=O) groups excluding carboxylic acids is 1. The molecule has 5 aromatic rings. The lowest BCUT2D eigenvalue weighted by Gasteiger charge is -2.23. The van der Waals surface area contributed by atoms with Crippen LogP contribution in [0.2, 0.25) is 0 Å². The van der Waals surface area contributed by atoms with Crippen LogP contribution in [0.3, 0.4) is 0 Å². The zero-order valence-corrected chi connectivity index (χ0v) is 17.2. The normalized spacial score (nSPS) is 15.4. The van der Waals surface area contributed by atoms with Crippen LogP contribution in [0.4, 0.5) is 0 Å². The average molecular weight is 416 g/mol. The fourth-order valence-corrected chi connectivity index (χ4v) is 4.42. The number of H-pyrrole nitrogens is 1. The standard InChI is InChI=1S/C27H20N4O/c32-27-21-14-25(31-26(21)22(16-30-27)17-6-2-1-3-7-17)19-10-11-28-24(13-19)20-12-18-8-4-5-9-23(18)29-15-20/h1-15,22,31H,16H2,(H,30,32). The summed E-state index contributed by atoms with van der Waals surface area (Å²) in [5.74, 6) is 0.0614. The van der Waals surface area contributed by atoms with E-state index in [0.29, 0.717) is 12.1 Å². The molecule has 3 aromatic heterocycles. The molecule has 0 bridgehead atoms. The molecule has 4 heterocycles. The predicted octanol–water partition coefficient (Wildman–Crippen LogP) is 5.17. The molecule has 0 saturated carbocycles. The molecule has 0 aliphatic carbocycles. The van der Waals surface area contributed by atoms with Crippen molar-refractivity contribution < 1.29 is 4.79 Å². The molecule has 0 spiro atoms. The molecule has 2 N–H and O–H groups in total. The van der Waals surface area contributed by atoms with Crippen LogP contribution in [0.5, 0.6) is 0 Å². The topological polar surface area (TPSA) is 70.7 Å². The lowest BCUT2D eigenvalue weighted by Crippen LogP contribution is -2.35. The quantitative estimate of drug-likeness (QED) is 0.426. The van der Waals surface area contributed by atoms with Gasteiger partial charge in [0, 0.05) is 52.8 Å². The highest BCUT2D eigenvalue weighted by atomic mass is 16.1. The van der Waals surface area contributed by atoms with Gasteiger partial charge in [-0.25, -0.2) is 0 Å². The third kappa shape index (κ3) is 3.15.